The Morgan fingerprint density at radius 1 is 1.23 bits per heavy atom. The van der Waals surface area contributed by atoms with Gasteiger partial charge in [0.05, 0.1) is 25.0 Å². The maximum Gasteiger partial charge on any atom is 0.0728 e. The molecule has 1 saturated carbocycles. The summed E-state index contributed by atoms with van der Waals surface area (Å²) in [5.74, 6) is 0.870. The number of rotatable bonds is 5. The largest absolute Gasteiger partial charge is 0.394 e. The number of nitrogens with one attached hydrogen (secondary N) is 1. The van der Waals surface area contributed by atoms with Gasteiger partial charge in [0.15, 0.2) is 0 Å². The lowest BCUT2D eigenvalue weighted by Crippen LogP contribution is -2.48. The number of piperidine rings is 1. The van der Waals surface area contributed by atoms with Crippen LogP contribution in [0.15, 0.2) is 12.4 Å². The van der Waals surface area contributed by atoms with Gasteiger partial charge >= 0.3 is 0 Å². The van der Waals surface area contributed by atoms with Gasteiger partial charge in [-0.1, -0.05) is 19.8 Å². The molecule has 2 aliphatic rings. The average Bonchev–Trinajstić information content (AvgIpc) is 2.96. The molecule has 2 heterocycles. The Kier molecular flexibility index (Phi) is 5.37. The second-order valence-electron chi connectivity index (χ2n) is 7.00. The first kappa shape index (κ1) is 15.8. The average molecular weight is 306 g/mol. The molecule has 2 atom stereocenters. The Morgan fingerprint density at radius 2 is 2.00 bits per heavy atom. The lowest BCUT2D eigenvalue weighted by Gasteiger charge is -2.42. The van der Waals surface area contributed by atoms with Gasteiger partial charge in [-0.3, -0.25) is 9.58 Å². The van der Waals surface area contributed by atoms with Crippen molar-refractivity contribution in [3.05, 3.63) is 12.4 Å². The summed E-state index contributed by atoms with van der Waals surface area (Å²) in [5, 5.41) is 16.8. The summed E-state index contributed by atoms with van der Waals surface area (Å²) in [4.78, 5) is 2.73. The zero-order chi connectivity index (χ0) is 15.4. The molecule has 5 nitrogen and oxygen atoms in total. The number of hydrogen-bond acceptors (Lipinski definition) is 4. The molecule has 3 rings (SSSR count). The molecule has 2 N–H and O–H groups in total. The van der Waals surface area contributed by atoms with Crippen molar-refractivity contribution in [1.82, 2.24) is 14.7 Å². The van der Waals surface area contributed by atoms with E-state index in [1.807, 2.05) is 12.4 Å². The van der Waals surface area contributed by atoms with Crippen LogP contribution in [-0.2, 0) is 6.54 Å². The van der Waals surface area contributed by atoms with Crippen LogP contribution >= 0.6 is 0 Å². The zero-order valence-corrected chi connectivity index (χ0v) is 13.7. The van der Waals surface area contributed by atoms with Gasteiger partial charge in [-0.2, -0.15) is 5.10 Å². The quantitative estimate of drug-likeness (QED) is 0.877. The summed E-state index contributed by atoms with van der Waals surface area (Å²) < 4.78 is 1.79. The first-order valence-corrected chi connectivity index (χ1v) is 8.90. The minimum Gasteiger partial charge on any atom is -0.394 e. The van der Waals surface area contributed by atoms with Crippen LogP contribution in [0.2, 0.25) is 0 Å². The molecular formula is C17H30N4O. The molecular weight excluding hydrogens is 276 g/mol. The maximum absolute atomic E-state index is 8.94. The second kappa shape index (κ2) is 7.47. The highest BCUT2D eigenvalue weighted by Crippen LogP contribution is 2.30. The zero-order valence-electron chi connectivity index (χ0n) is 13.7. The van der Waals surface area contributed by atoms with Gasteiger partial charge in [0.2, 0.25) is 0 Å². The van der Waals surface area contributed by atoms with Crippen molar-refractivity contribution in [1.29, 1.82) is 0 Å². The molecule has 0 amide bonds. The Morgan fingerprint density at radius 3 is 2.73 bits per heavy atom. The van der Waals surface area contributed by atoms with E-state index in [1.54, 1.807) is 4.68 Å². The number of nitrogens with zero attached hydrogens (tertiary/aromatic N) is 3. The van der Waals surface area contributed by atoms with E-state index in [9.17, 15) is 0 Å². The van der Waals surface area contributed by atoms with E-state index < -0.39 is 0 Å². The lowest BCUT2D eigenvalue weighted by molar-refractivity contribution is 0.0887. The van der Waals surface area contributed by atoms with Crippen molar-refractivity contribution in [2.75, 3.05) is 25.0 Å². The van der Waals surface area contributed by atoms with E-state index in [-0.39, 0.29) is 6.61 Å². The third kappa shape index (κ3) is 3.82. The van der Waals surface area contributed by atoms with E-state index in [4.69, 9.17) is 5.11 Å². The van der Waals surface area contributed by atoms with E-state index in [1.165, 1.54) is 51.6 Å². The molecule has 0 radical (unpaired) electrons. The summed E-state index contributed by atoms with van der Waals surface area (Å²) in [7, 11) is 0. The summed E-state index contributed by atoms with van der Waals surface area (Å²) in [6.45, 7) is 5.58. The highest BCUT2D eigenvalue weighted by atomic mass is 16.3. The Labute approximate surface area is 133 Å². The highest BCUT2D eigenvalue weighted by molar-refractivity contribution is 5.39. The predicted molar refractivity (Wildman–Crippen MR) is 89.0 cm³/mol. The van der Waals surface area contributed by atoms with Crippen molar-refractivity contribution in [3.8, 4) is 0 Å². The summed E-state index contributed by atoms with van der Waals surface area (Å²) in [6.07, 6.45) is 11.9. The molecule has 1 aromatic rings. The third-order valence-corrected chi connectivity index (χ3v) is 5.40. The molecule has 1 aromatic heterocycles. The van der Waals surface area contributed by atoms with Crippen molar-refractivity contribution < 1.29 is 5.11 Å². The van der Waals surface area contributed by atoms with Crippen molar-refractivity contribution in [2.24, 2.45) is 5.92 Å². The fourth-order valence-electron chi connectivity index (χ4n) is 4.11. The highest BCUT2D eigenvalue weighted by Gasteiger charge is 2.30. The standard InChI is InChI=1S/C17H30N4O/c1-14-4-2-3-5-17(14)20-8-6-15(7-9-20)19-16-12-18-21(13-16)10-11-22/h12-15,17,19,22H,2-11H2,1H3. The van der Waals surface area contributed by atoms with Crippen molar-refractivity contribution >= 4 is 5.69 Å². The van der Waals surface area contributed by atoms with Crippen LogP contribution < -0.4 is 5.32 Å². The smallest absolute Gasteiger partial charge is 0.0728 e. The van der Waals surface area contributed by atoms with Gasteiger partial charge in [-0.25, -0.2) is 0 Å². The van der Waals surface area contributed by atoms with Crippen molar-refractivity contribution in [2.45, 2.75) is 64.1 Å². The number of aliphatic hydroxyl groups excluding tert-OH is 1. The number of likely N-dealkylation sites (tertiary alicyclic amines) is 1. The van der Waals surface area contributed by atoms with Crippen LogP contribution in [0.25, 0.3) is 0 Å². The first-order chi connectivity index (χ1) is 10.8. The van der Waals surface area contributed by atoms with E-state index >= 15 is 0 Å². The van der Waals surface area contributed by atoms with Gasteiger partial charge in [0.1, 0.15) is 0 Å². The second-order valence-corrected chi connectivity index (χ2v) is 7.00. The fraction of sp³-hybridized carbons (Fsp3) is 0.824. The van der Waals surface area contributed by atoms with Gasteiger partial charge < -0.3 is 10.4 Å². The summed E-state index contributed by atoms with van der Waals surface area (Å²) >= 11 is 0. The Balaban J connectivity index is 1.46. The Hall–Kier alpha value is -1.07. The van der Waals surface area contributed by atoms with E-state index in [0.29, 0.717) is 12.6 Å². The fourth-order valence-corrected chi connectivity index (χ4v) is 4.11. The van der Waals surface area contributed by atoms with Gasteiger partial charge in [-0.15, -0.1) is 0 Å². The molecule has 1 saturated heterocycles. The minimum atomic E-state index is 0.138. The van der Waals surface area contributed by atoms with Crippen LogP contribution in [0.4, 0.5) is 5.69 Å². The molecule has 22 heavy (non-hydrogen) atoms. The monoisotopic (exact) mass is 306 g/mol. The van der Waals surface area contributed by atoms with E-state index in [0.717, 1.165) is 17.6 Å². The third-order valence-electron chi connectivity index (χ3n) is 5.40. The molecule has 5 heteroatoms. The van der Waals surface area contributed by atoms with Crippen LogP contribution in [0.3, 0.4) is 0 Å². The number of aliphatic hydroxyl groups is 1. The van der Waals surface area contributed by atoms with Gasteiger partial charge in [0.25, 0.3) is 0 Å². The molecule has 0 bridgehead atoms. The molecule has 1 aliphatic carbocycles. The molecule has 0 spiro atoms. The molecule has 2 fully saturated rings. The minimum absolute atomic E-state index is 0.138. The lowest BCUT2D eigenvalue weighted by atomic mass is 9.84. The van der Waals surface area contributed by atoms with Gasteiger partial charge in [-0.05, 0) is 31.6 Å². The molecule has 124 valence electrons. The normalized spacial score (nSPS) is 27.9. The number of aromatic nitrogens is 2. The van der Waals surface area contributed by atoms with Crippen LogP contribution in [0, 0.1) is 5.92 Å². The van der Waals surface area contributed by atoms with Crippen LogP contribution in [-0.4, -0.2) is 51.6 Å². The van der Waals surface area contributed by atoms with Crippen LogP contribution in [0.5, 0.6) is 0 Å². The van der Waals surface area contributed by atoms with Gasteiger partial charge in [0, 0.05) is 31.4 Å². The van der Waals surface area contributed by atoms with E-state index in [2.05, 4.69) is 22.2 Å². The summed E-state index contributed by atoms with van der Waals surface area (Å²) in [5.41, 5.74) is 1.08. The van der Waals surface area contributed by atoms with Crippen LogP contribution in [0.1, 0.15) is 45.4 Å². The first-order valence-electron chi connectivity index (χ1n) is 8.90. The molecule has 0 aromatic carbocycles. The Bertz CT molecular complexity index is 453. The SMILES string of the molecule is CC1CCCCC1N1CCC(Nc2cnn(CCO)c2)CC1. The maximum atomic E-state index is 8.94. The molecule has 1 aliphatic heterocycles. The number of hydrogen-bond donors (Lipinski definition) is 2. The summed E-state index contributed by atoms with van der Waals surface area (Å²) in [6, 6.07) is 1.38. The molecule has 2 unspecified atom stereocenters. The topological polar surface area (TPSA) is 53.3 Å². The van der Waals surface area contributed by atoms with Crippen molar-refractivity contribution in [3.63, 3.8) is 0 Å². The predicted octanol–water partition coefficient (Wildman–Crippen LogP) is 2.33. The number of anilines is 1.